The van der Waals surface area contributed by atoms with Crippen LogP contribution in [0.4, 0.5) is 0 Å². The molecule has 2 N–H and O–H groups in total. The number of nitrogens with one attached hydrogen (secondary N) is 1. The number of aliphatic hydroxyl groups excluding tert-OH is 1. The molecule has 0 aromatic heterocycles. The van der Waals surface area contributed by atoms with Gasteiger partial charge < -0.3 is 19.9 Å². The zero-order valence-corrected chi connectivity index (χ0v) is 13.8. The van der Waals surface area contributed by atoms with E-state index >= 15 is 0 Å². The van der Waals surface area contributed by atoms with E-state index in [1.54, 1.807) is 7.11 Å². The van der Waals surface area contributed by atoms with Crippen LogP contribution in [-0.2, 0) is 6.42 Å². The number of methoxy groups -OCH3 is 1. The van der Waals surface area contributed by atoms with Crippen LogP contribution >= 0.6 is 0 Å². The highest BCUT2D eigenvalue weighted by Gasteiger charge is 2.05. The predicted molar refractivity (Wildman–Crippen MR) is 92.2 cm³/mol. The average Bonchev–Trinajstić information content (AvgIpc) is 2.57. The minimum Gasteiger partial charge on any atom is -0.497 e. The van der Waals surface area contributed by atoms with Crippen LogP contribution in [0.25, 0.3) is 0 Å². The van der Waals surface area contributed by atoms with Crippen LogP contribution in [0.15, 0.2) is 48.5 Å². The third-order valence-corrected chi connectivity index (χ3v) is 3.54. The van der Waals surface area contributed by atoms with E-state index in [-0.39, 0.29) is 6.61 Å². The summed E-state index contributed by atoms with van der Waals surface area (Å²) in [5.74, 6) is 1.66. The Morgan fingerprint density at radius 2 is 1.87 bits per heavy atom. The van der Waals surface area contributed by atoms with E-state index in [1.165, 1.54) is 5.56 Å². The summed E-state index contributed by atoms with van der Waals surface area (Å²) in [6.07, 6.45) is 0.365. The second kappa shape index (κ2) is 9.18. The Morgan fingerprint density at radius 1 is 1.09 bits per heavy atom. The SMILES string of the molecule is COc1cccc(CCNC[C@@H](O)COc2cccc(C)c2)c1. The van der Waals surface area contributed by atoms with Gasteiger partial charge in [0.05, 0.1) is 7.11 Å². The van der Waals surface area contributed by atoms with Crippen molar-refractivity contribution >= 4 is 0 Å². The summed E-state index contributed by atoms with van der Waals surface area (Å²) >= 11 is 0. The molecular weight excluding hydrogens is 290 g/mol. The first-order chi connectivity index (χ1) is 11.2. The van der Waals surface area contributed by atoms with E-state index in [0.29, 0.717) is 6.54 Å². The molecule has 2 rings (SSSR count). The normalized spacial score (nSPS) is 12.0. The molecule has 0 spiro atoms. The molecule has 2 aromatic carbocycles. The van der Waals surface area contributed by atoms with Gasteiger partial charge in [-0.1, -0.05) is 24.3 Å². The molecule has 0 fully saturated rings. The van der Waals surface area contributed by atoms with Crippen molar-refractivity contribution in [3.63, 3.8) is 0 Å². The fraction of sp³-hybridized carbons (Fsp3) is 0.368. The van der Waals surface area contributed by atoms with Crippen LogP contribution in [0, 0.1) is 6.92 Å². The Labute approximate surface area is 138 Å². The summed E-state index contributed by atoms with van der Waals surface area (Å²) < 4.78 is 10.8. The van der Waals surface area contributed by atoms with Crippen LogP contribution in [0.2, 0.25) is 0 Å². The van der Waals surface area contributed by atoms with Gasteiger partial charge in [-0.3, -0.25) is 0 Å². The first kappa shape index (κ1) is 17.3. The lowest BCUT2D eigenvalue weighted by Crippen LogP contribution is -2.32. The van der Waals surface area contributed by atoms with Gasteiger partial charge in [-0.15, -0.1) is 0 Å². The highest BCUT2D eigenvalue weighted by molar-refractivity contribution is 5.28. The Morgan fingerprint density at radius 3 is 2.65 bits per heavy atom. The first-order valence-corrected chi connectivity index (χ1v) is 7.88. The van der Waals surface area contributed by atoms with E-state index in [4.69, 9.17) is 9.47 Å². The highest BCUT2D eigenvalue weighted by Crippen LogP contribution is 2.13. The van der Waals surface area contributed by atoms with Gasteiger partial charge in [0.25, 0.3) is 0 Å². The molecule has 4 heteroatoms. The Balaban J connectivity index is 1.63. The van der Waals surface area contributed by atoms with Crippen LogP contribution in [0.1, 0.15) is 11.1 Å². The van der Waals surface area contributed by atoms with Gasteiger partial charge in [-0.05, 0) is 55.3 Å². The second-order valence-electron chi connectivity index (χ2n) is 5.59. The molecule has 0 amide bonds. The molecule has 0 aliphatic heterocycles. The second-order valence-corrected chi connectivity index (χ2v) is 5.59. The van der Waals surface area contributed by atoms with Crippen molar-refractivity contribution in [3.8, 4) is 11.5 Å². The third kappa shape index (κ3) is 6.30. The van der Waals surface area contributed by atoms with E-state index < -0.39 is 6.10 Å². The molecule has 1 atom stereocenters. The molecule has 0 aliphatic carbocycles. The molecule has 23 heavy (non-hydrogen) atoms. The summed E-state index contributed by atoms with van der Waals surface area (Å²) in [6.45, 7) is 3.61. The zero-order chi connectivity index (χ0) is 16.5. The topological polar surface area (TPSA) is 50.7 Å². The predicted octanol–water partition coefficient (Wildman–Crippen LogP) is 2.58. The number of benzene rings is 2. The summed E-state index contributed by atoms with van der Waals surface area (Å²) in [7, 11) is 1.67. The van der Waals surface area contributed by atoms with Gasteiger partial charge in [-0.2, -0.15) is 0 Å². The van der Waals surface area contributed by atoms with E-state index in [9.17, 15) is 5.11 Å². The number of hydrogen-bond donors (Lipinski definition) is 2. The van der Waals surface area contributed by atoms with Crippen molar-refractivity contribution in [1.29, 1.82) is 0 Å². The van der Waals surface area contributed by atoms with Crippen molar-refractivity contribution in [2.24, 2.45) is 0 Å². The van der Waals surface area contributed by atoms with E-state index in [0.717, 1.165) is 30.0 Å². The van der Waals surface area contributed by atoms with Gasteiger partial charge >= 0.3 is 0 Å². The molecule has 0 unspecified atom stereocenters. The van der Waals surface area contributed by atoms with Crippen molar-refractivity contribution < 1.29 is 14.6 Å². The molecule has 0 radical (unpaired) electrons. The van der Waals surface area contributed by atoms with Crippen LogP contribution in [-0.4, -0.2) is 38.0 Å². The maximum absolute atomic E-state index is 9.95. The first-order valence-electron chi connectivity index (χ1n) is 7.88. The summed E-state index contributed by atoms with van der Waals surface area (Å²) in [5, 5.41) is 13.2. The molecule has 124 valence electrons. The summed E-state index contributed by atoms with van der Waals surface area (Å²) in [5.41, 5.74) is 2.36. The van der Waals surface area contributed by atoms with Gasteiger partial charge in [0.2, 0.25) is 0 Å². The molecule has 0 saturated heterocycles. The lowest BCUT2D eigenvalue weighted by Gasteiger charge is -2.13. The molecule has 0 saturated carbocycles. The maximum atomic E-state index is 9.95. The highest BCUT2D eigenvalue weighted by atomic mass is 16.5. The number of aryl methyl sites for hydroxylation is 1. The van der Waals surface area contributed by atoms with E-state index in [1.807, 2.05) is 49.4 Å². The smallest absolute Gasteiger partial charge is 0.119 e. The van der Waals surface area contributed by atoms with Gasteiger partial charge in [0.1, 0.15) is 24.2 Å². The standard InChI is InChI=1S/C19H25NO3/c1-15-5-3-8-19(11-15)23-14-17(21)13-20-10-9-16-6-4-7-18(12-16)22-2/h3-8,11-12,17,20-21H,9-10,13-14H2,1-2H3/t17-/m1/s1. The lowest BCUT2D eigenvalue weighted by molar-refractivity contribution is 0.106. The molecule has 2 aromatic rings. The Bertz CT molecular complexity index is 601. The third-order valence-electron chi connectivity index (χ3n) is 3.54. The summed E-state index contributed by atoms with van der Waals surface area (Å²) in [6, 6.07) is 15.8. The van der Waals surface area contributed by atoms with Gasteiger partial charge in [0, 0.05) is 6.54 Å². The van der Waals surface area contributed by atoms with Crippen molar-refractivity contribution in [2.45, 2.75) is 19.4 Å². The fourth-order valence-electron chi connectivity index (χ4n) is 2.29. The van der Waals surface area contributed by atoms with Crippen molar-refractivity contribution in [3.05, 3.63) is 59.7 Å². The van der Waals surface area contributed by atoms with Crippen molar-refractivity contribution in [2.75, 3.05) is 26.8 Å². The van der Waals surface area contributed by atoms with Crippen molar-refractivity contribution in [1.82, 2.24) is 5.32 Å². The summed E-state index contributed by atoms with van der Waals surface area (Å²) in [4.78, 5) is 0. The molecule has 0 bridgehead atoms. The Kier molecular flexibility index (Phi) is 6.91. The minimum atomic E-state index is -0.527. The molecule has 4 nitrogen and oxygen atoms in total. The number of aliphatic hydroxyl groups is 1. The average molecular weight is 315 g/mol. The molecule has 0 aliphatic rings. The Hall–Kier alpha value is -2.04. The zero-order valence-electron chi connectivity index (χ0n) is 13.8. The van der Waals surface area contributed by atoms with Crippen LogP contribution in [0.3, 0.4) is 0 Å². The monoisotopic (exact) mass is 315 g/mol. The largest absolute Gasteiger partial charge is 0.497 e. The van der Waals surface area contributed by atoms with E-state index in [2.05, 4.69) is 11.4 Å². The maximum Gasteiger partial charge on any atom is 0.119 e. The lowest BCUT2D eigenvalue weighted by atomic mass is 10.1. The molecule has 0 heterocycles. The van der Waals surface area contributed by atoms with Gasteiger partial charge in [-0.25, -0.2) is 0 Å². The number of ether oxygens (including phenoxy) is 2. The number of hydrogen-bond acceptors (Lipinski definition) is 4. The molecular formula is C19H25NO3. The van der Waals surface area contributed by atoms with Crippen LogP contribution in [0.5, 0.6) is 11.5 Å². The quantitative estimate of drug-likeness (QED) is 0.698. The minimum absolute atomic E-state index is 0.287. The van der Waals surface area contributed by atoms with Gasteiger partial charge in [0.15, 0.2) is 0 Å². The fourth-order valence-corrected chi connectivity index (χ4v) is 2.29. The van der Waals surface area contributed by atoms with Crippen LogP contribution < -0.4 is 14.8 Å². The number of rotatable bonds is 9.